The number of nitrogens with zero attached hydrogens (tertiary/aromatic N) is 2. The molecule has 0 aliphatic rings. The van der Waals surface area contributed by atoms with Gasteiger partial charge in [-0.3, -0.25) is 4.40 Å². The number of fused-ring (bicyclic) bond motifs is 1. The first-order valence-corrected chi connectivity index (χ1v) is 6.03. The molecule has 0 aliphatic heterocycles. The van der Waals surface area contributed by atoms with E-state index in [1.165, 1.54) is 17.5 Å². The number of imidazole rings is 1. The minimum Gasteiger partial charge on any atom is -0.286 e. The molecule has 0 radical (unpaired) electrons. The van der Waals surface area contributed by atoms with Crippen LogP contribution in [0.25, 0.3) is 16.2 Å². The Morgan fingerprint density at radius 1 is 1.11 bits per heavy atom. The number of hydrogen-bond donors (Lipinski definition) is 0. The van der Waals surface area contributed by atoms with Gasteiger partial charge in [-0.2, -0.15) is 13.2 Å². The Labute approximate surface area is 104 Å². The molecule has 2 heterocycles. The third-order valence-corrected chi connectivity index (χ3v) is 3.33. The molecule has 0 fully saturated rings. The summed E-state index contributed by atoms with van der Waals surface area (Å²) in [7, 11) is 0. The minimum atomic E-state index is -4.42. The van der Waals surface area contributed by atoms with Crippen molar-refractivity contribution >= 4 is 16.3 Å². The average molecular weight is 268 g/mol. The van der Waals surface area contributed by atoms with E-state index in [0.29, 0.717) is 10.5 Å². The van der Waals surface area contributed by atoms with Gasteiger partial charge < -0.3 is 0 Å². The zero-order chi connectivity index (χ0) is 12.8. The first kappa shape index (κ1) is 11.3. The van der Waals surface area contributed by atoms with Gasteiger partial charge in [0.05, 0.1) is 0 Å². The molecule has 6 heteroatoms. The van der Waals surface area contributed by atoms with Crippen molar-refractivity contribution in [3.8, 4) is 11.3 Å². The van der Waals surface area contributed by atoms with E-state index < -0.39 is 11.9 Å². The van der Waals surface area contributed by atoms with Crippen molar-refractivity contribution < 1.29 is 13.2 Å². The molecular formula is C12H7F3N2S. The predicted octanol–water partition coefficient (Wildman–Crippen LogP) is 4.08. The van der Waals surface area contributed by atoms with Crippen molar-refractivity contribution in [2.24, 2.45) is 0 Å². The van der Waals surface area contributed by atoms with Crippen molar-refractivity contribution in [2.45, 2.75) is 6.18 Å². The molecule has 0 atom stereocenters. The zero-order valence-corrected chi connectivity index (χ0v) is 9.79. The molecule has 0 N–H and O–H groups in total. The van der Waals surface area contributed by atoms with Gasteiger partial charge in [0.1, 0.15) is 5.69 Å². The second kappa shape index (κ2) is 3.84. The number of rotatable bonds is 1. The summed E-state index contributed by atoms with van der Waals surface area (Å²) in [6, 6.07) is 8.41. The van der Waals surface area contributed by atoms with Crippen molar-refractivity contribution in [3.63, 3.8) is 0 Å². The maximum atomic E-state index is 13.1. The molecule has 0 aliphatic carbocycles. The van der Waals surface area contributed by atoms with Gasteiger partial charge in [0, 0.05) is 17.1 Å². The number of halogens is 3. The van der Waals surface area contributed by atoms with Crippen molar-refractivity contribution in [1.82, 2.24) is 9.38 Å². The standard InChI is InChI=1S/C12H7F3N2S/c13-12(14,15)10-9(8-4-2-1-3-5-8)16-11-17(10)6-7-18-11/h1-7H. The van der Waals surface area contributed by atoms with E-state index >= 15 is 0 Å². The Balaban J connectivity index is 2.32. The third-order valence-electron chi connectivity index (χ3n) is 2.58. The molecule has 0 unspecified atom stereocenters. The maximum Gasteiger partial charge on any atom is 0.434 e. The summed E-state index contributed by atoms with van der Waals surface area (Å²) in [5.74, 6) is 0. The number of alkyl halides is 3. The summed E-state index contributed by atoms with van der Waals surface area (Å²) in [5.41, 5.74) is -0.263. The highest BCUT2D eigenvalue weighted by atomic mass is 32.1. The lowest BCUT2D eigenvalue weighted by Gasteiger charge is -2.07. The van der Waals surface area contributed by atoms with Gasteiger partial charge in [-0.15, -0.1) is 11.3 Å². The summed E-state index contributed by atoms with van der Waals surface area (Å²) in [5, 5.41) is 1.59. The van der Waals surface area contributed by atoms with E-state index in [4.69, 9.17) is 0 Å². The van der Waals surface area contributed by atoms with Crippen LogP contribution in [0.15, 0.2) is 41.9 Å². The van der Waals surface area contributed by atoms with Crippen LogP contribution >= 0.6 is 11.3 Å². The maximum absolute atomic E-state index is 13.1. The monoisotopic (exact) mass is 268 g/mol. The largest absolute Gasteiger partial charge is 0.434 e. The normalized spacial score (nSPS) is 12.2. The molecule has 0 spiro atoms. The van der Waals surface area contributed by atoms with Crippen LogP contribution in [0.4, 0.5) is 13.2 Å². The number of thiazole rings is 1. The number of hydrogen-bond acceptors (Lipinski definition) is 2. The summed E-state index contributed by atoms with van der Waals surface area (Å²) < 4.78 is 40.4. The first-order chi connectivity index (χ1) is 8.57. The van der Waals surface area contributed by atoms with Gasteiger partial charge >= 0.3 is 6.18 Å². The fourth-order valence-electron chi connectivity index (χ4n) is 1.85. The Bertz CT molecular complexity index is 682. The van der Waals surface area contributed by atoms with E-state index in [2.05, 4.69) is 4.98 Å². The Hall–Kier alpha value is -1.82. The summed E-state index contributed by atoms with van der Waals surface area (Å²) in [6.07, 6.45) is -3.03. The topological polar surface area (TPSA) is 17.3 Å². The molecule has 2 aromatic heterocycles. The lowest BCUT2D eigenvalue weighted by Crippen LogP contribution is -2.09. The van der Waals surface area contributed by atoms with E-state index in [1.807, 2.05) is 0 Å². The zero-order valence-electron chi connectivity index (χ0n) is 8.98. The molecule has 92 valence electrons. The van der Waals surface area contributed by atoms with Gasteiger partial charge in [0.25, 0.3) is 0 Å². The second-order valence-electron chi connectivity index (χ2n) is 3.73. The van der Waals surface area contributed by atoms with Gasteiger partial charge in [-0.25, -0.2) is 4.98 Å². The fourth-order valence-corrected chi connectivity index (χ4v) is 2.57. The van der Waals surface area contributed by atoms with Gasteiger partial charge in [0.2, 0.25) is 0 Å². The predicted molar refractivity (Wildman–Crippen MR) is 63.5 cm³/mol. The lowest BCUT2D eigenvalue weighted by molar-refractivity contribution is -0.141. The van der Waals surface area contributed by atoms with Crippen molar-refractivity contribution in [2.75, 3.05) is 0 Å². The molecule has 3 aromatic rings. The molecule has 0 bridgehead atoms. The quantitative estimate of drug-likeness (QED) is 0.650. The SMILES string of the molecule is FC(F)(F)c1c(-c2ccccc2)nc2sccn12. The molecule has 3 rings (SSSR count). The van der Waals surface area contributed by atoms with Crippen LogP contribution in [0.5, 0.6) is 0 Å². The highest BCUT2D eigenvalue weighted by Crippen LogP contribution is 2.38. The smallest absolute Gasteiger partial charge is 0.286 e. The Morgan fingerprint density at radius 3 is 2.50 bits per heavy atom. The highest BCUT2D eigenvalue weighted by Gasteiger charge is 2.38. The summed E-state index contributed by atoms with van der Waals surface area (Å²) >= 11 is 1.18. The van der Waals surface area contributed by atoms with Crippen molar-refractivity contribution in [3.05, 3.63) is 47.6 Å². The fraction of sp³-hybridized carbons (Fsp3) is 0.0833. The average Bonchev–Trinajstić information content (AvgIpc) is 2.87. The van der Waals surface area contributed by atoms with Crippen LogP contribution < -0.4 is 0 Å². The Kier molecular flexibility index (Phi) is 2.41. The van der Waals surface area contributed by atoms with E-state index in [1.54, 1.807) is 35.7 Å². The van der Waals surface area contributed by atoms with E-state index in [9.17, 15) is 13.2 Å². The van der Waals surface area contributed by atoms with Gasteiger partial charge in [0.15, 0.2) is 10.7 Å². The molecule has 1 aromatic carbocycles. The Morgan fingerprint density at radius 2 is 1.83 bits per heavy atom. The summed E-state index contributed by atoms with van der Waals surface area (Å²) in [6.45, 7) is 0. The van der Waals surface area contributed by atoms with Crippen LogP contribution in [0.2, 0.25) is 0 Å². The molecule has 18 heavy (non-hydrogen) atoms. The molecular weight excluding hydrogens is 261 g/mol. The second-order valence-corrected chi connectivity index (χ2v) is 4.60. The van der Waals surface area contributed by atoms with Crippen LogP contribution in [0, 0.1) is 0 Å². The van der Waals surface area contributed by atoms with Gasteiger partial charge in [-0.05, 0) is 0 Å². The van der Waals surface area contributed by atoms with Gasteiger partial charge in [-0.1, -0.05) is 30.3 Å². The lowest BCUT2D eigenvalue weighted by atomic mass is 10.1. The molecule has 0 saturated heterocycles. The van der Waals surface area contributed by atoms with Crippen LogP contribution in [0.1, 0.15) is 5.69 Å². The summed E-state index contributed by atoms with van der Waals surface area (Å²) in [4.78, 5) is 4.42. The van der Waals surface area contributed by atoms with Crippen LogP contribution in [-0.2, 0) is 6.18 Å². The molecule has 2 nitrogen and oxygen atoms in total. The minimum absolute atomic E-state index is 0.0186. The van der Waals surface area contributed by atoms with Crippen LogP contribution in [-0.4, -0.2) is 9.38 Å². The molecule has 0 saturated carbocycles. The molecule has 0 amide bonds. The van der Waals surface area contributed by atoms with Crippen LogP contribution in [0.3, 0.4) is 0 Å². The number of aromatic nitrogens is 2. The highest BCUT2D eigenvalue weighted by molar-refractivity contribution is 7.15. The number of benzene rings is 1. The van der Waals surface area contributed by atoms with E-state index in [-0.39, 0.29) is 5.69 Å². The van der Waals surface area contributed by atoms with E-state index in [0.717, 1.165) is 4.40 Å². The van der Waals surface area contributed by atoms with Crippen molar-refractivity contribution in [1.29, 1.82) is 0 Å². The third kappa shape index (κ3) is 1.69. The first-order valence-electron chi connectivity index (χ1n) is 5.15.